The third-order valence-electron chi connectivity index (χ3n) is 3.29. The Balaban J connectivity index is 1.67. The van der Waals surface area contributed by atoms with Crippen LogP contribution in [0.3, 0.4) is 0 Å². The fourth-order valence-electron chi connectivity index (χ4n) is 2.27. The fourth-order valence-corrected chi connectivity index (χ4v) is 2.27. The molecule has 0 aromatic carbocycles. The van der Waals surface area contributed by atoms with Crippen molar-refractivity contribution in [3.8, 4) is 0 Å². The van der Waals surface area contributed by atoms with Gasteiger partial charge in [-0.2, -0.15) is 5.10 Å². The Morgan fingerprint density at radius 3 is 3.12 bits per heavy atom. The molecule has 4 heteroatoms. The van der Waals surface area contributed by atoms with Crippen LogP contribution in [0.1, 0.15) is 44.9 Å². The average Bonchev–Trinajstić information content (AvgIpc) is 2.83. The summed E-state index contributed by atoms with van der Waals surface area (Å²) in [5, 5.41) is 7.60. The standard InChI is InChI=1S/C13H22N4/c1-2-17-13(15-11-16-17)10-14-9-8-12-6-4-3-5-7-12/h6,11,14H,2-5,7-10H2,1H3. The van der Waals surface area contributed by atoms with E-state index in [1.807, 2.05) is 4.68 Å². The molecule has 0 saturated heterocycles. The van der Waals surface area contributed by atoms with Gasteiger partial charge >= 0.3 is 0 Å². The topological polar surface area (TPSA) is 42.7 Å². The predicted octanol–water partition coefficient (Wildman–Crippen LogP) is 2.28. The van der Waals surface area contributed by atoms with Crippen LogP contribution < -0.4 is 5.32 Å². The quantitative estimate of drug-likeness (QED) is 0.606. The van der Waals surface area contributed by atoms with Gasteiger partial charge in [0.05, 0.1) is 6.54 Å². The molecule has 0 spiro atoms. The summed E-state index contributed by atoms with van der Waals surface area (Å²) < 4.78 is 1.94. The first-order valence-electron chi connectivity index (χ1n) is 6.65. The number of hydrogen-bond acceptors (Lipinski definition) is 3. The van der Waals surface area contributed by atoms with Gasteiger partial charge in [-0.25, -0.2) is 9.67 Å². The number of nitrogens with zero attached hydrogens (tertiary/aromatic N) is 3. The van der Waals surface area contributed by atoms with Gasteiger partial charge in [-0.05, 0) is 45.6 Å². The molecule has 1 aliphatic carbocycles. The molecule has 0 bridgehead atoms. The minimum absolute atomic E-state index is 0.821. The van der Waals surface area contributed by atoms with Crippen molar-refractivity contribution in [3.63, 3.8) is 0 Å². The van der Waals surface area contributed by atoms with Crippen LogP contribution in [0.5, 0.6) is 0 Å². The molecule has 1 aromatic rings. The Morgan fingerprint density at radius 1 is 1.41 bits per heavy atom. The Hall–Kier alpha value is -1.16. The van der Waals surface area contributed by atoms with Gasteiger partial charge in [-0.3, -0.25) is 0 Å². The highest BCUT2D eigenvalue weighted by Gasteiger charge is 2.04. The molecule has 2 rings (SSSR count). The summed E-state index contributed by atoms with van der Waals surface area (Å²) in [6, 6.07) is 0. The Labute approximate surface area is 103 Å². The Kier molecular flexibility index (Phi) is 4.74. The maximum atomic E-state index is 4.25. The second-order valence-electron chi connectivity index (χ2n) is 4.53. The number of aromatic nitrogens is 3. The lowest BCUT2D eigenvalue weighted by Crippen LogP contribution is -2.19. The maximum absolute atomic E-state index is 4.25. The zero-order valence-corrected chi connectivity index (χ0v) is 10.7. The molecular weight excluding hydrogens is 212 g/mol. The van der Waals surface area contributed by atoms with Crippen LogP contribution in [-0.2, 0) is 13.1 Å². The number of nitrogens with one attached hydrogen (secondary N) is 1. The van der Waals surface area contributed by atoms with E-state index in [4.69, 9.17) is 0 Å². The van der Waals surface area contributed by atoms with Crippen LogP contribution >= 0.6 is 0 Å². The molecule has 1 N–H and O–H groups in total. The lowest BCUT2D eigenvalue weighted by atomic mass is 9.97. The van der Waals surface area contributed by atoms with Gasteiger partial charge in [0.1, 0.15) is 12.2 Å². The molecule has 0 aliphatic heterocycles. The smallest absolute Gasteiger partial charge is 0.140 e. The molecule has 0 radical (unpaired) electrons. The zero-order chi connectivity index (χ0) is 11.9. The Bertz CT molecular complexity index is 367. The monoisotopic (exact) mass is 234 g/mol. The molecule has 0 amide bonds. The average molecular weight is 234 g/mol. The molecule has 17 heavy (non-hydrogen) atoms. The lowest BCUT2D eigenvalue weighted by molar-refractivity contribution is 0.566. The SMILES string of the molecule is CCn1ncnc1CNCCC1=CCCCC1. The fraction of sp³-hybridized carbons (Fsp3) is 0.692. The van der Waals surface area contributed by atoms with E-state index < -0.39 is 0 Å². The van der Waals surface area contributed by atoms with E-state index in [-0.39, 0.29) is 0 Å². The van der Waals surface area contributed by atoms with Crippen molar-refractivity contribution >= 4 is 0 Å². The van der Waals surface area contributed by atoms with Crippen molar-refractivity contribution in [1.82, 2.24) is 20.1 Å². The van der Waals surface area contributed by atoms with E-state index in [2.05, 4.69) is 28.4 Å². The number of aryl methyl sites for hydroxylation is 1. The van der Waals surface area contributed by atoms with Gasteiger partial charge < -0.3 is 5.32 Å². The first kappa shape index (κ1) is 12.3. The van der Waals surface area contributed by atoms with Crippen molar-refractivity contribution in [3.05, 3.63) is 23.8 Å². The summed E-state index contributed by atoms with van der Waals surface area (Å²) in [5.74, 6) is 1.03. The van der Waals surface area contributed by atoms with Crippen molar-refractivity contribution in [2.75, 3.05) is 6.54 Å². The van der Waals surface area contributed by atoms with E-state index in [1.165, 1.54) is 32.1 Å². The predicted molar refractivity (Wildman–Crippen MR) is 68.6 cm³/mol. The lowest BCUT2D eigenvalue weighted by Gasteiger charge is -2.12. The van der Waals surface area contributed by atoms with Crippen LogP contribution in [0.2, 0.25) is 0 Å². The third kappa shape index (κ3) is 3.66. The molecule has 1 aromatic heterocycles. The molecule has 1 heterocycles. The van der Waals surface area contributed by atoms with Gasteiger partial charge in [-0.15, -0.1) is 0 Å². The summed E-state index contributed by atoms with van der Waals surface area (Å²) in [6.07, 6.45) is 10.5. The number of allylic oxidation sites excluding steroid dienone is 1. The normalized spacial score (nSPS) is 15.9. The van der Waals surface area contributed by atoms with Crippen LogP contribution in [-0.4, -0.2) is 21.3 Å². The summed E-state index contributed by atoms with van der Waals surface area (Å²) in [5.41, 5.74) is 1.63. The van der Waals surface area contributed by atoms with E-state index in [9.17, 15) is 0 Å². The first-order valence-corrected chi connectivity index (χ1v) is 6.65. The zero-order valence-electron chi connectivity index (χ0n) is 10.7. The summed E-state index contributed by atoms with van der Waals surface area (Å²) in [4.78, 5) is 4.25. The van der Waals surface area contributed by atoms with Crippen LogP contribution in [0.4, 0.5) is 0 Å². The minimum atomic E-state index is 0.821. The highest BCUT2D eigenvalue weighted by atomic mass is 15.3. The molecule has 0 fully saturated rings. The van der Waals surface area contributed by atoms with Gasteiger partial charge in [0.2, 0.25) is 0 Å². The largest absolute Gasteiger partial charge is 0.310 e. The molecular formula is C13H22N4. The molecule has 0 unspecified atom stereocenters. The highest BCUT2D eigenvalue weighted by molar-refractivity contribution is 5.05. The van der Waals surface area contributed by atoms with E-state index in [1.54, 1.807) is 11.9 Å². The maximum Gasteiger partial charge on any atom is 0.140 e. The Morgan fingerprint density at radius 2 is 2.35 bits per heavy atom. The van der Waals surface area contributed by atoms with E-state index >= 15 is 0 Å². The molecule has 94 valence electrons. The van der Waals surface area contributed by atoms with E-state index in [0.29, 0.717) is 0 Å². The van der Waals surface area contributed by atoms with Crippen LogP contribution in [0, 0.1) is 0 Å². The second-order valence-corrected chi connectivity index (χ2v) is 4.53. The molecule has 0 saturated carbocycles. The highest BCUT2D eigenvalue weighted by Crippen LogP contribution is 2.19. The van der Waals surface area contributed by atoms with Gasteiger partial charge in [0, 0.05) is 6.54 Å². The van der Waals surface area contributed by atoms with Gasteiger partial charge in [0.25, 0.3) is 0 Å². The van der Waals surface area contributed by atoms with Gasteiger partial charge in [-0.1, -0.05) is 11.6 Å². The van der Waals surface area contributed by atoms with Crippen molar-refractivity contribution in [2.24, 2.45) is 0 Å². The second kappa shape index (κ2) is 6.55. The van der Waals surface area contributed by atoms with Crippen LogP contribution in [0.25, 0.3) is 0 Å². The third-order valence-corrected chi connectivity index (χ3v) is 3.29. The van der Waals surface area contributed by atoms with Crippen molar-refractivity contribution in [2.45, 2.75) is 52.1 Å². The first-order chi connectivity index (χ1) is 8.40. The van der Waals surface area contributed by atoms with Gasteiger partial charge in [0.15, 0.2) is 0 Å². The number of hydrogen-bond donors (Lipinski definition) is 1. The van der Waals surface area contributed by atoms with Crippen LogP contribution in [0.15, 0.2) is 18.0 Å². The van der Waals surface area contributed by atoms with E-state index in [0.717, 1.165) is 25.5 Å². The van der Waals surface area contributed by atoms with Crippen molar-refractivity contribution in [1.29, 1.82) is 0 Å². The summed E-state index contributed by atoms with van der Waals surface area (Å²) in [6.45, 7) is 4.84. The molecule has 1 aliphatic rings. The van der Waals surface area contributed by atoms with Crippen molar-refractivity contribution < 1.29 is 0 Å². The minimum Gasteiger partial charge on any atom is -0.310 e. The molecule has 4 nitrogen and oxygen atoms in total. The summed E-state index contributed by atoms with van der Waals surface area (Å²) >= 11 is 0. The molecule has 0 atom stereocenters. The number of rotatable bonds is 6. The summed E-state index contributed by atoms with van der Waals surface area (Å²) in [7, 11) is 0.